The quantitative estimate of drug-likeness (QED) is 0.699. The van der Waals surface area contributed by atoms with E-state index in [1.165, 1.54) is 0 Å². The number of aromatic nitrogens is 1. The van der Waals surface area contributed by atoms with Gasteiger partial charge in [0.2, 0.25) is 15.9 Å². The van der Waals surface area contributed by atoms with Crippen molar-refractivity contribution < 1.29 is 22.5 Å². The van der Waals surface area contributed by atoms with Crippen molar-refractivity contribution in [2.24, 2.45) is 5.41 Å². The number of morpholine rings is 1. The van der Waals surface area contributed by atoms with Crippen molar-refractivity contribution in [2.75, 3.05) is 53.0 Å². The van der Waals surface area contributed by atoms with Crippen molar-refractivity contribution in [1.29, 1.82) is 0 Å². The number of carbonyl (C=O) groups is 1. The van der Waals surface area contributed by atoms with E-state index in [1.807, 2.05) is 11.9 Å². The van der Waals surface area contributed by atoms with E-state index in [0.717, 1.165) is 25.8 Å². The van der Waals surface area contributed by atoms with Gasteiger partial charge < -0.3 is 14.2 Å². The van der Waals surface area contributed by atoms with Gasteiger partial charge in [-0.15, -0.1) is 0 Å². The number of amides is 1. The van der Waals surface area contributed by atoms with Gasteiger partial charge in [-0.25, -0.2) is 8.42 Å². The summed E-state index contributed by atoms with van der Waals surface area (Å²) >= 11 is 0. The van der Waals surface area contributed by atoms with E-state index in [4.69, 9.17) is 9.26 Å². The number of nitrogens with zero attached hydrogens (tertiary/aromatic N) is 4. The van der Waals surface area contributed by atoms with Crippen molar-refractivity contribution >= 4 is 15.9 Å². The summed E-state index contributed by atoms with van der Waals surface area (Å²) in [6.45, 7) is 7.53. The van der Waals surface area contributed by atoms with E-state index in [2.05, 4.69) is 10.1 Å². The highest BCUT2D eigenvalue weighted by atomic mass is 32.2. The number of carbonyl (C=O) groups excluding carboxylic acids is 1. The fourth-order valence-corrected chi connectivity index (χ4v) is 6.81. The minimum atomic E-state index is -3.61. The molecular weight excluding hydrogens is 396 g/mol. The van der Waals surface area contributed by atoms with Gasteiger partial charge in [0, 0.05) is 32.7 Å². The molecule has 10 heteroatoms. The molecule has 1 amide bonds. The van der Waals surface area contributed by atoms with Crippen LogP contribution in [-0.2, 0) is 19.6 Å². The first-order valence-corrected chi connectivity index (χ1v) is 11.7. The van der Waals surface area contributed by atoms with Gasteiger partial charge in [0.15, 0.2) is 5.76 Å². The third-order valence-electron chi connectivity index (χ3n) is 6.70. The Morgan fingerprint density at radius 1 is 1.14 bits per heavy atom. The van der Waals surface area contributed by atoms with E-state index in [-0.39, 0.29) is 22.3 Å². The summed E-state index contributed by atoms with van der Waals surface area (Å²) in [6.07, 6.45) is 2.30. The number of likely N-dealkylation sites (tertiary alicyclic amines) is 1. The van der Waals surface area contributed by atoms with E-state index in [9.17, 15) is 13.2 Å². The van der Waals surface area contributed by atoms with Gasteiger partial charge in [0.05, 0.1) is 19.3 Å². The molecule has 1 aromatic rings. The average molecular weight is 427 g/mol. The van der Waals surface area contributed by atoms with Crippen LogP contribution in [0, 0.1) is 19.3 Å². The second-order valence-electron chi connectivity index (χ2n) is 8.63. The van der Waals surface area contributed by atoms with Crippen molar-refractivity contribution in [3.63, 3.8) is 0 Å². The van der Waals surface area contributed by atoms with E-state index >= 15 is 0 Å². The summed E-state index contributed by atoms with van der Waals surface area (Å²) in [4.78, 5) is 17.2. The number of aryl methyl sites for hydroxylation is 2. The molecule has 3 aliphatic heterocycles. The molecule has 0 saturated carbocycles. The molecule has 0 N–H and O–H groups in total. The third kappa shape index (κ3) is 3.71. The Kier molecular flexibility index (Phi) is 5.47. The van der Waals surface area contributed by atoms with Crippen LogP contribution >= 0.6 is 0 Å². The molecule has 9 nitrogen and oxygen atoms in total. The predicted octanol–water partition coefficient (Wildman–Crippen LogP) is 0.625. The maximum absolute atomic E-state index is 13.1. The van der Waals surface area contributed by atoms with Crippen LogP contribution in [0.2, 0.25) is 0 Å². The highest BCUT2D eigenvalue weighted by Crippen LogP contribution is 2.44. The Labute approximate surface area is 172 Å². The Hall–Kier alpha value is -1.49. The molecule has 0 radical (unpaired) electrons. The summed E-state index contributed by atoms with van der Waals surface area (Å²) in [6, 6.07) is -0.126. The van der Waals surface area contributed by atoms with E-state index in [0.29, 0.717) is 50.8 Å². The Bertz CT molecular complexity index is 850. The molecule has 1 atom stereocenters. The molecule has 0 aliphatic carbocycles. The van der Waals surface area contributed by atoms with Crippen molar-refractivity contribution in [1.82, 2.24) is 19.3 Å². The molecule has 162 valence electrons. The standard InChI is InChI=1S/C19H30N4O5S/c1-14-17(15(2)28-20-14)29(25,26)23-6-4-19(5-7-23)12-16(21(3)13-19)18(24)22-8-10-27-11-9-22/h16H,4-13H2,1-3H3. The highest BCUT2D eigenvalue weighted by molar-refractivity contribution is 7.89. The van der Waals surface area contributed by atoms with Gasteiger partial charge in [-0.3, -0.25) is 9.69 Å². The zero-order chi connectivity index (χ0) is 20.8. The second-order valence-corrected chi connectivity index (χ2v) is 10.5. The number of hydrogen-bond acceptors (Lipinski definition) is 7. The maximum Gasteiger partial charge on any atom is 0.248 e. The molecule has 0 aromatic carbocycles. The number of ether oxygens (including phenoxy) is 1. The molecule has 3 saturated heterocycles. The lowest BCUT2D eigenvalue weighted by Crippen LogP contribution is -2.48. The molecule has 3 aliphatic rings. The fraction of sp³-hybridized carbons (Fsp3) is 0.789. The van der Waals surface area contributed by atoms with Crippen LogP contribution in [0.25, 0.3) is 0 Å². The first kappa shape index (κ1) is 20.8. The highest BCUT2D eigenvalue weighted by Gasteiger charge is 2.49. The molecule has 4 heterocycles. The van der Waals surface area contributed by atoms with Crippen LogP contribution in [0.4, 0.5) is 0 Å². The zero-order valence-corrected chi connectivity index (χ0v) is 18.2. The van der Waals surface area contributed by atoms with Gasteiger partial charge in [-0.1, -0.05) is 5.16 Å². The summed E-state index contributed by atoms with van der Waals surface area (Å²) in [7, 11) is -1.61. The Morgan fingerprint density at radius 3 is 2.38 bits per heavy atom. The molecular formula is C19H30N4O5S. The summed E-state index contributed by atoms with van der Waals surface area (Å²) in [5.74, 6) is 0.512. The minimum Gasteiger partial charge on any atom is -0.378 e. The molecule has 29 heavy (non-hydrogen) atoms. The molecule has 4 rings (SSSR count). The van der Waals surface area contributed by atoms with Crippen molar-refractivity contribution in [3.8, 4) is 0 Å². The first-order chi connectivity index (χ1) is 13.7. The van der Waals surface area contributed by atoms with Crippen molar-refractivity contribution in [2.45, 2.75) is 44.0 Å². The molecule has 1 unspecified atom stereocenters. The lowest BCUT2D eigenvalue weighted by Gasteiger charge is -2.38. The number of sulfonamides is 1. The van der Waals surface area contributed by atoms with Crippen molar-refractivity contribution in [3.05, 3.63) is 11.5 Å². The molecule has 0 bridgehead atoms. The fourth-order valence-electron chi connectivity index (χ4n) is 5.08. The van der Waals surface area contributed by atoms with Gasteiger partial charge >= 0.3 is 0 Å². The van der Waals surface area contributed by atoms with Crippen LogP contribution in [0.5, 0.6) is 0 Å². The Morgan fingerprint density at radius 2 is 1.79 bits per heavy atom. The average Bonchev–Trinajstić information content (AvgIpc) is 3.21. The predicted molar refractivity (Wildman–Crippen MR) is 105 cm³/mol. The minimum absolute atomic E-state index is 0.00782. The number of rotatable bonds is 3. The van der Waals surface area contributed by atoms with Crippen LogP contribution in [-0.4, -0.2) is 92.6 Å². The molecule has 3 fully saturated rings. The smallest absolute Gasteiger partial charge is 0.248 e. The topological polar surface area (TPSA) is 96.2 Å². The molecule has 1 aromatic heterocycles. The first-order valence-electron chi connectivity index (χ1n) is 10.2. The lowest BCUT2D eigenvalue weighted by molar-refractivity contribution is -0.139. The SMILES string of the molecule is Cc1noc(C)c1S(=O)(=O)N1CCC2(CC1)CC(C(=O)N1CCOCC1)N(C)C2. The van der Waals surface area contributed by atoms with Crippen LogP contribution in [0.15, 0.2) is 9.42 Å². The largest absolute Gasteiger partial charge is 0.378 e. The number of likely N-dealkylation sites (N-methyl/N-ethyl adjacent to an activating group) is 1. The van der Waals surface area contributed by atoms with Gasteiger partial charge in [0.25, 0.3) is 0 Å². The number of hydrogen-bond donors (Lipinski definition) is 0. The zero-order valence-electron chi connectivity index (χ0n) is 17.4. The Balaban J connectivity index is 1.43. The summed E-state index contributed by atoms with van der Waals surface area (Å²) in [5, 5.41) is 3.79. The maximum atomic E-state index is 13.1. The van der Waals surface area contributed by atoms with Gasteiger partial charge in [-0.2, -0.15) is 4.31 Å². The normalized spacial score (nSPS) is 26.3. The monoisotopic (exact) mass is 426 g/mol. The number of piperidine rings is 1. The second kappa shape index (κ2) is 7.64. The molecule has 1 spiro atoms. The summed E-state index contributed by atoms with van der Waals surface area (Å²) < 4.78 is 38.1. The van der Waals surface area contributed by atoms with Crippen LogP contribution in [0.3, 0.4) is 0 Å². The third-order valence-corrected chi connectivity index (χ3v) is 8.84. The van der Waals surface area contributed by atoms with Crippen LogP contribution < -0.4 is 0 Å². The van der Waals surface area contributed by atoms with E-state index in [1.54, 1.807) is 18.2 Å². The van der Waals surface area contributed by atoms with Gasteiger partial charge in [-0.05, 0) is 45.6 Å². The summed E-state index contributed by atoms with van der Waals surface area (Å²) in [5.41, 5.74) is 0.395. The lowest BCUT2D eigenvalue weighted by atomic mass is 9.77. The van der Waals surface area contributed by atoms with E-state index < -0.39 is 10.0 Å². The van der Waals surface area contributed by atoms with Crippen LogP contribution in [0.1, 0.15) is 30.7 Å². The van der Waals surface area contributed by atoms with Gasteiger partial charge in [0.1, 0.15) is 10.6 Å².